The molecule has 2 aromatic rings. The number of piperidine rings is 1. The number of alkyl halides is 3. The molecule has 1 fully saturated rings. The standard InChI is InChI=1S/C19H19F4N7O2/c1-18(22,23)17(32)29-7-5-19(4-6-24,13(20)10-29)30-9-12(15(25)31)16(28-30)27-11-2-3-14(21)26-8-11/h2-3,8-9,13H,4-5,7,10H2,1H3,(H2,25,31)(H,27,28). The van der Waals surface area contributed by atoms with Gasteiger partial charge in [0.05, 0.1) is 30.9 Å². The fourth-order valence-corrected chi connectivity index (χ4v) is 3.54. The van der Waals surface area contributed by atoms with E-state index >= 15 is 4.39 Å². The van der Waals surface area contributed by atoms with Gasteiger partial charge in [-0.15, -0.1) is 0 Å². The summed E-state index contributed by atoms with van der Waals surface area (Å²) in [5, 5.41) is 16.2. The maximum Gasteiger partial charge on any atom is 0.322 e. The van der Waals surface area contributed by atoms with E-state index < -0.39 is 48.4 Å². The summed E-state index contributed by atoms with van der Waals surface area (Å²) in [5.41, 5.74) is 3.89. The fourth-order valence-electron chi connectivity index (χ4n) is 3.54. The lowest BCUT2D eigenvalue weighted by Gasteiger charge is -2.43. The predicted molar refractivity (Wildman–Crippen MR) is 103 cm³/mol. The molecule has 13 heteroatoms. The Kier molecular flexibility index (Phi) is 6.07. The topological polar surface area (TPSA) is 130 Å². The van der Waals surface area contributed by atoms with E-state index in [-0.39, 0.29) is 30.0 Å². The monoisotopic (exact) mass is 453 g/mol. The van der Waals surface area contributed by atoms with Crippen LogP contribution >= 0.6 is 0 Å². The Bertz CT molecular complexity index is 1060. The van der Waals surface area contributed by atoms with Crippen molar-refractivity contribution in [2.45, 2.75) is 37.4 Å². The third-order valence-electron chi connectivity index (χ3n) is 5.25. The lowest BCUT2D eigenvalue weighted by atomic mass is 9.83. The SMILES string of the molecule is CC(F)(F)C(=O)N1CCC(CC#N)(n2cc(C(N)=O)c(Nc3ccc(F)nc3)n2)C(F)C1. The number of carbonyl (C=O) groups is 2. The van der Waals surface area contributed by atoms with Gasteiger partial charge in [-0.3, -0.25) is 14.3 Å². The van der Waals surface area contributed by atoms with Gasteiger partial charge in [-0.1, -0.05) is 0 Å². The second-order valence-corrected chi connectivity index (χ2v) is 7.49. The second kappa shape index (κ2) is 8.45. The number of hydrogen-bond donors (Lipinski definition) is 2. The molecule has 2 unspecified atom stereocenters. The number of halogens is 4. The van der Waals surface area contributed by atoms with Crippen LogP contribution in [0.1, 0.15) is 30.1 Å². The molecule has 170 valence electrons. The number of pyridine rings is 1. The lowest BCUT2D eigenvalue weighted by molar-refractivity contribution is -0.159. The molecule has 2 amide bonds. The number of hydrogen-bond acceptors (Lipinski definition) is 6. The van der Waals surface area contributed by atoms with Crippen LogP contribution in [-0.4, -0.2) is 56.7 Å². The van der Waals surface area contributed by atoms with E-state index in [2.05, 4.69) is 15.4 Å². The van der Waals surface area contributed by atoms with Crippen LogP contribution in [0.2, 0.25) is 0 Å². The molecule has 0 aromatic carbocycles. The van der Waals surface area contributed by atoms with Gasteiger partial charge >= 0.3 is 5.92 Å². The zero-order valence-electron chi connectivity index (χ0n) is 16.9. The van der Waals surface area contributed by atoms with Crippen molar-refractivity contribution in [1.29, 1.82) is 5.26 Å². The highest BCUT2D eigenvalue weighted by Gasteiger charge is 2.50. The van der Waals surface area contributed by atoms with Crippen molar-refractivity contribution >= 4 is 23.3 Å². The average molecular weight is 453 g/mol. The summed E-state index contributed by atoms with van der Waals surface area (Å²) >= 11 is 0. The van der Waals surface area contributed by atoms with Gasteiger partial charge in [-0.2, -0.15) is 23.5 Å². The number of aromatic nitrogens is 3. The van der Waals surface area contributed by atoms with Gasteiger partial charge in [0.2, 0.25) is 5.95 Å². The Hall–Kier alpha value is -3.69. The molecule has 32 heavy (non-hydrogen) atoms. The molecule has 0 saturated carbocycles. The van der Waals surface area contributed by atoms with Crippen LogP contribution in [-0.2, 0) is 10.3 Å². The molecule has 9 nitrogen and oxygen atoms in total. The average Bonchev–Trinajstić information content (AvgIpc) is 3.14. The van der Waals surface area contributed by atoms with Crippen LogP contribution < -0.4 is 11.1 Å². The maximum absolute atomic E-state index is 15.3. The van der Waals surface area contributed by atoms with Gasteiger partial charge in [0.25, 0.3) is 11.8 Å². The largest absolute Gasteiger partial charge is 0.365 e. The van der Waals surface area contributed by atoms with E-state index in [1.54, 1.807) is 0 Å². The number of nitrogens with one attached hydrogen (secondary N) is 1. The molecule has 2 aromatic heterocycles. The highest BCUT2D eigenvalue weighted by atomic mass is 19.3. The molecule has 0 bridgehead atoms. The molecule has 3 rings (SSSR count). The molecular formula is C19H19F4N7O2. The Morgan fingerprint density at radius 1 is 1.44 bits per heavy atom. The molecule has 1 aliphatic heterocycles. The number of rotatable bonds is 6. The van der Waals surface area contributed by atoms with Crippen molar-refractivity contribution in [1.82, 2.24) is 19.7 Å². The number of nitrogens with two attached hydrogens (primary N) is 1. The number of primary amides is 1. The quantitative estimate of drug-likeness (QED) is 0.509. The molecule has 0 spiro atoms. The highest BCUT2D eigenvalue weighted by Crippen LogP contribution is 2.38. The molecule has 1 saturated heterocycles. The van der Waals surface area contributed by atoms with E-state index in [1.807, 2.05) is 6.07 Å². The molecule has 3 N–H and O–H groups in total. The van der Waals surface area contributed by atoms with Crippen molar-refractivity contribution in [3.05, 3.63) is 36.0 Å². The van der Waals surface area contributed by atoms with Crippen LogP contribution in [0.15, 0.2) is 24.5 Å². The summed E-state index contributed by atoms with van der Waals surface area (Å²) in [6.07, 6.45) is -0.269. The normalized spacial score (nSPS) is 21.1. The molecule has 3 heterocycles. The molecular weight excluding hydrogens is 434 g/mol. The number of nitriles is 1. The van der Waals surface area contributed by atoms with Crippen LogP contribution in [0.4, 0.5) is 29.1 Å². The lowest BCUT2D eigenvalue weighted by Crippen LogP contribution is -2.58. The van der Waals surface area contributed by atoms with Gasteiger partial charge in [0.15, 0.2) is 5.82 Å². The molecule has 0 radical (unpaired) electrons. The Morgan fingerprint density at radius 2 is 2.16 bits per heavy atom. The smallest absolute Gasteiger partial charge is 0.322 e. The summed E-state index contributed by atoms with van der Waals surface area (Å²) in [6, 6.07) is 4.24. The van der Waals surface area contributed by atoms with Crippen molar-refractivity contribution < 1.29 is 27.2 Å². The molecule has 1 aliphatic rings. The first-order valence-electron chi connectivity index (χ1n) is 9.44. The maximum atomic E-state index is 15.3. The van der Waals surface area contributed by atoms with Gasteiger partial charge in [0, 0.05) is 19.7 Å². The zero-order valence-corrected chi connectivity index (χ0v) is 16.9. The van der Waals surface area contributed by atoms with Crippen molar-refractivity contribution in [2.24, 2.45) is 5.73 Å². The summed E-state index contributed by atoms with van der Waals surface area (Å²) < 4.78 is 56.2. The summed E-state index contributed by atoms with van der Waals surface area (Å²) in [6.45, 7) is -0.504. The number of anilines is 2. The van der Waals surface area contributed by atoms with Gasteiger partial charge in [-0.25, -0.2) is 9.37 Å². The summed E-state index contributed by atoms with van der Waals surface area (Å²) in [4.78, 5) is 27.9. The minimum atomic E-state index is -3.67. The number of nitrogens with zero attached hydrogens (tertiary/aromatic N) is 5. The first-order chi connectivity index (χ1) is 15.0. The third kappa shape index (κ3) is 4.34. The first kappa shape index (κ1) is 23.0. The van der Waals surface area contributed by atoms with Crippen molar-refractivity contribution in [3.63, 3.8) is 0 Å². The Labute approximate surface area is 179 Å². The second-order valence-electron chi connectivity index (χ2n) is 7.49. The molecule has 0 aliphatic carbocycles. The zero-order chi connectivity index (χ0) is 23.7. The van der Waals surface area contributed by atoms with E-state index in [0.717, 1.165) is 23.1 Å². The van der Waals surface area contributed by atoms with Crippen LogP contribution in [0.5, 0.6) is 0 Å². The first-order valence-corrected chi connectivity index (χ1v) is 9.44. The summed E-state index contributed by atoms with van der Waals surface area (Å²) in [5.74, 6) is -6.91. The fraction of sp³-hybridized carbons (Fsp3) is 0.421. The molecule has 2 atom stereocenters. The number of carbonyl (C=O) groups excluding carboxylic acids is 2. The van der Waals surface area contributed by atoms with E-state index in [1.165, 1.54) is 6.07 Å². The van der Waals surface area contributed by atoms with Crippen LogP contribution in [0.25, 0.3) is 0 Å². The van der Waals surface area contributed by atoms with E-state index in [4.69, 9.17) is 5.73 Å². The van der Waals surface area contributed by atoms with Gasteiger partial charge < -0.3 is 16.0 Å². The van der Waals surface area contributed by atoms with Gasteiger partial charge in [-0.05, 0) is 18.6 Å². The van der Waals surface area contributed by atoms with E-state index in [9.17, 15) is 28.0 Å². The van der Waals surface area contributed by atoms with Crippen molar-refractivity contribution in [3.8, 4) is 6.07 Å². The highest BCUT2D eigenvalue weighted by molar-refractivity contribution is 5.98. The van der Waals surface area contributed by atoms with Crippen LogP contribution in [0.3, 0.4) is 0 Å². The number of amides is 2. The number of likely N-dealkylation sites (tertiary alicyclic amines) is 1. The predicted octanol–water partition coefficient (Wildman–Crippen LogP) is 2.09. The van der Waals surface area contributed by atoms with Gasteiger partial charge in [0.1, 0.15) is 17.3 Å². The van der Waals surface area contributed by atoms with E-state index in [0.29, 0.717) is 11.8 Å². The summed E-state index contributed by atoms with van der Waals surface area (Å²) in [7, 11) is 0. The Balaban J connectivity index is 1.96. The minimum absolute atomic E-state index is 0.0889. The third-order valence-corrected chi connectivity index (χ3v) is 5.25. The van der Waals surface area contributed by atoms with Crippen molar-refractivity contribution in [2.75, 3.05) is 18.4 Å². The Morgan fingerprint density at radius 3 is 2.69 bits per heavy atom. The van der Waals surface area contributed by atoms with Crippen LogP contribution in [0, 0.1) is 17.3 Å². The minimum Gasteiger partial charge on any atom is -0.365 e.